The summed E-state index contributed by atoms with van der Waals surface area (Å²) in [7, 11) is 0. The van der Waals surface area contributed by atoms with Crippen molar-refractivity contribution in [2.75, 3.05) is 11.2 Å². The minimum atomic E-state index is -0.975. The molecular weight excluding hydrogens is 242 g/mol. The predicted octanol–water partition coefficient (Wildman–Crippen LogP) is 1.20. The van der Waals surface area contributed by atoms with Crippen LogP contribution in [-0.4, -0.2) is 28.1 Å². The van der Waals surface area contributed by atoms with Gasteiger partial charge in [-0.1, -0.05) is 12.1 Å². The van der Waals surface area contributed by atoms with E-state index >= 15 is 0 Å². The maximum atomic E-state index is 11.2. The van der Waals surface area contributed by atoms with Gasteiger partial charge >= 0.3 is 0 Å². The lowest BCUT2D eigenvalue weighted by Gasteiger charge is -2.17. The zero-order chi connectivity index (χ0) is 12.4. The number of hydrogen-bond donors (Lipinski definition) is 3. The van der Waals surface area contributed by atoms with Crippen LogP contribution in [0.2, 0.25) is 0 Å². The molecule has 0 aliphatic carbocycles. The average molecular weight is 256 g/mol. The Balaban J connectivity index is 2.18. The SMILES string of the molecule is O=C1Cc2ccc(C(O)C(O)CCCl)cc2N1. The molecule has 1 aromatic carbocycles. The fourth-order valence-electron chi connectivity index (χ4n) is 1.91. The highest BCUT2D eigenvalue weighted by molar-refractivity contribution is 6.17. The minimum Gasteiger partial charge on any atom is -0.390 e. The van der Waals surface area contributed by atoms with Crippen LogP contribution in [-0.2, 0) is 11.2 Å². The lowest BCUT2D eigenvalue weighted by Crippen LogP contribution is -2.18. The van der Waals surface area contributed by atoms with Crippen molar-refractivity contribution in [3.8, 4) is 0 Å². The summed E-state index contributed by atoms with van der Waals surface area (Å²) in [6, 6.07) is 5.21. The number of amides is 1. The largest absolute Gasteiger partial charge is 0.390 e. The number of aliphatic hydroxyl groups is 2. The van der Waals surface area contributed by atoms with E-state index in [1.165, 1.54) is 0 Å². The number of carbonyl (C=O) groups is 1. The summed E-state index contributed by atoms with van der Waals surface area (Å²) < 4.78 is 0. The van der Waals surface area contributed by atoms with Crippen molar-refractivity contribution in [1.82, 2.24) is 0 Å². The van der Waals surface area contributed by atoms with Gasteiger partial charge in [-0.15, -0.1) is 11.6 Å². The normalized spacial score (nSPS) is 17.5. The minimum absolute atomic E-state index is 0.0482. The van der Waals surface area contributed by atoms with Crippen molar-refractivity contribution >= 4 is 23.2 Å². The van der Waals surface area contributed by atoms with E-state index in [0.29, 0.717) is 30.0 Å². The molecular formula is C12H14ClNO3. The first-order chi connectivity index (χ1) is 8.11. The van der Waals surface area contributed by atoms with Gasteiger partial charge in [0.2, 0.25) is 5.91 Å². The molecule has 0 saturated carbocycles. The maximum Gasteiger partial charge on any atom is 0.228 e. The highest BCUT2D eigenvalue weighted by atomic mass is 35.5. The lowest BCUT2D eigenvalue weighted by molar-refractivity contribution is -0.115. The van der Waals surface area contributed by atoms with Gasteiger partial charge in [0.05, 0.1) is 12.5 Å². The number of nitrogens with one attached hydrogen (secondary N) is 1. The second kappa shape index (κ2) is 5.04. The van der Waals surface area contributed by atoms with Crippen molar-refractivity contribution in [1.29, 1.82) is 0 Å². The van der Waals surface area contributed by atoms with Crippen molar-refractivity contribution < 1.29 is 15.0 Å². The summed E-state index contributed by atoms with van der Waals surface area (Å²) in [4.78, 5) is 11.2. The third kappa shape index (κ3) is 2.60. The molecule has 1 aliphatic rings. The standard InChI is InChI=1S/C12H14ClNO3/c13-4-3-10(15)12(17)8-2-1-7-6-11(16)14-9(7)5-8/h1-2,5,10,12,15,17H,3-4,6H2,(H,14,16). The molecule has 17 heavy (non-hydrogen) atoms. The van der Waals surface area contributed by atoms with E-state index in [1.54, 1.807) is 18.2 Å². The highest BCUT2D eigenvalue weighted by Gasteiger charge is 2.22. The third-order valence-electron chi connectivity index (χ3n) is 2.87. The number of alkyl halides is 1. The highest BCUT2D eigenvalue weighted by Crippen LogP contribution is 2.28. The van der Waals surface area contributed by atoms with Crippen LogP contribution in [0, 0.1) is 0 Å². The van der Waals surface area contributed by atoms with Crippen LogP contribution in [0.5, 0.6) is 0 Å². The second-order valence-corrected chi connectivity index (χ2v) is 4.51. The second-order valence-electron chi connectivity index (χ2n) is 4.13. The summed E-state index contributed by atoms with van der Waals surface area (Å²) in [6.07, 6.45) is -1.17. The lowest BCUT2D eigenvalue weighted by atomic mass is 10.0. The summed E-state index contributed by atoms with van der Waals surface area (Å²) in [5.74, 6) is 0.243. The quantitative estimate of drug-likeness (QED) is 0.708. The Hall–Kier alpha value is -1.10. The van der Waals surface area contributed by atoms with Gasteiger partial charge in [-0.3, -0.25) is 4.79 Å². The molecule has 2 rings (SSSR count). The molecule has 2 atom stereocenters. The van der Waals surface area contributed by atoms with Crippen LogP contribution in [0.15, 0.2) is 18.2 Å². The predicted molar refractivity (Wildman–Crippen MR) is 65.1 cm³/mol. The molecule has 4 nitrogen and oxygen atoms in total. The molecule has 92 valence electrons. The van der Waals surface area contributed by atoms with Crippen LogP contribution < -0.4 is 5.32 Å². The molecule has 5 heteroatoms. The Morgan fingerprint density at radius 1 is 1.41 bits per heavy atom. The number of halogens is 1. The summed E-state index contributed by atoms with van der Waals surface area (Å²) in [6.45, 7) is 0. The molecule has 1 aliphatic heterocycles. The van der Waals surface area contributed by atoms with Crippen LogP contribution in [0.25, 0.3) is 0 Å². The molecule has 1 amide bonds. The molecule has 0 spiro atoms. The Kier molecular flexibility index (Phi) is 3.66. The first kappa shape index (κ1) is 12.4. The molecule has 0 fully saturated rings. The van der Waals surface area contributed by atoms with E-state index in [0.717, 1.165) is 5.56 Å². The first-order valence-corrected chi connectivity index (χ1v) is 6.00. The fourth-order valence-corrected chi connectivity index (χ4v) is 2.13. The Labute approximate surface area is 104 Å². The Morgan fingerprint density at radius 2 is 2.18 bits per heavy atom. The number of hydrogen-bond acceptors (Lipinski definition) is 3. The summed E-state index contributed by atoms with van der Waals surface area (Å²) in [5, 5.41) is 22.3. The number of fused-ring (bicyclic) bond motifs is 1. The smallest absolute Gasteiger partial charge is 0.228 e. The van der Waals surface area contributed by atoms with E-state index < -0.39 is 12.2 Å². The van der Waals surface area contributed by atoms with Gasteiger partial charge in [-0.05, 0) is 23.6 Å². The number of benzene rings is 1. The molecule has 0 saturated heterocycles. The van der Waals surface area contributed by atoms with Crippen LogP contribution >= 0.6 is 11.6 Å². The summed E-state index contributed by atoms with van der Waals surface area (Å²) >= 11 is 5.51. The maximum absolute atomic E-state index is 11.2. The average Bonchev–Trinajstić information content (AvgIpc) is 2.67. The Bertz CT molecular complexity index is 436. The van der Waals surface area contributed by atoms with E-state index in [1.807, 2.05) is 0 Å². The number of carbonyl (C=O) groups excluding carboxylic acids is 1. The zero-order valence-corrected chi connectivity index (χ0v) is 9.94. The number of aliphatic hydroxyl groups excluding tert-OH is 2. The van der Waals surface area contributed by atoms with Gasteiger partial charge in [0, 0.05) is 11.6 Å². The molecule has 1 aromatic rings. The molecule has 3 N–H and O–H groups in total. The zero-order valence-electron chi connectivity index (χ0n) is 9.19. The van der Waals surface area contributed by atoms with Crippen LogP contribution in [0.4, 0.5) is 5.69 Å². The van der Waals surface area contributed by atoms with E-state index in [-0.39, 0.29) is 5.91 Å². The topological polar surface area (TPSA) is 69.6 Å². The van der Waals surface area contributed by atoms with E-state index in [9.17, 15) is 15.0 Å². The van der Waals surface area contributed by atoms with Crippen LogP contribution in [0.3, 0.4) is 0 Å². The van der Waals surface area contributed by atoms with Crippen molar-refractivity contribution in [2.45, 2.75) is 25.0 Å². The number of anilines is 1. The molecule has 0 aromatic heterocycles. The molecule has 1 heterocycles. The van der Waals surface area contributed by atoms with Crippen molar-refractivity contribution in [3.05, 3.63) is 29.3 Å². The van der Waals surface area contributed by atoms with Gasteiger partial charge in [0.15, 0.2) is 0 Å². The van der Waals surface area contributed by atoms with Gasteiger partial charge < -0.3 is 15.5 Å². The van der Waals surface area contributed by atoms with Crippen molar-refractivity contribution in [2.24, 2.45) is 0 Å². The Morgan fingerprint density at radius 3 is 2.88 bits per heavy atom. The van der Waals surface area contributed by atoms with Gasteiger partial charge in [-0.25, -0.2) is 0 Å². The van der Waals surface area contributed by atoms with E-state index in [4.69, 9.17) is 11.6 Å². The molecule has 0 bridgehead atoms. The molecule has 0 radical (unpaired) electrons. The van der Waals surface area contributed by atoms with E-state index in [2.05, 4.69) is 5.32 Å². The third-order valence-corrected chi connectivity index (χ3v) is 3.09. The monoisotopic (exact) mass is 255 g/mol. The summed E-state index contributed by atoms with van der Waals surface area (Å²) in [5.41, 5.74) is 2.21. The number of rotatable bonds is 4. The first-order valence-electron chi connectivity index (χ1n) is 5.46. The van der Waals surface area contributed by atoms with Crippen molar-refractivity contribution in [3.63, 3.8) is 0 Å². The fraction of sp³-hybridized carbons (Fsp3) is 0.417. The van der Waals surface area contributed by atoms with Gasteiger partial charge in [0.1, 0.15) is 6.10 Å². The van der Waals surface area contributed by atoms with Crippen LogP contribution in [0.1, 0.15) is 23.7 Å². The van der Waals surface area contributed by atoms with Gasteiger partial charge in [-0.2, -0.15) is 0 Å². The molecule has 2 unspecified atom stereocenters. The van der Waals surface area contributed by atoms with Gasteiger partial charge in [0.25, 0.3) is 0 Å².